The number of aliphatic hydroxyl groups is 1. The van der Waals surface area contributed by atoms with Crippen LogP contribution in [0.1, 0.15) is 18.9 Å². The molecule has 0 bridgehead atoms. The number of phenols is 1. The monoisotopic (exact) mass is 332 g/mol. The van der Waals surface area contributed by atoms with E-state index in [0.29, 0.717) is 23.7 Å². The van der Waals surface area contributed by atoms with E-state index in [-0.39, 0.29) is 12.2 Å². The van der Waals surface area contributed by atoms with Crippen LogP contribution < -0.4 is 4.74 Å². The summed E-state index contributed by atoms with van der Waals surface area (Å²) in [5.74, 6) is -1.21. The second kappa shape index (κ2) is 7.81. The molecule has 1 aliphatic carbocycles. The average molecular weight is 332 g/mol. The van der Waals surface area contributed by atoms with E-state index in [0.717, 1.165) is 0 Å². The first-order chi connectivity index (χ1) is 11.5. The zero-order valence-corrected chi connectivity index (χ0v) is 13.6. The van der Waals surface area contributed by atoms with Crippen molar-refractivity contribution in [2.24, 2.45) is 0 Å². The predicted octanol–water partition coefficient (Wildman–Crippen LogP) is 2.53. The van der Waals surface area contributed by atoms with E-state index in [4.69, 9.17) is 14.2 Å². The summed E-state index contributed by atoms with van der Waals surface area (Å²) in [5.41, 5.74) is 0.681. The quantitative estimate of drug-likeness (QED) is 0.473. The van der Waals surface area contributed by atoms with Crippen LogP contribution in [0.2, 0.25) is 0 Å². The first kappa shape index (κ1) is 17.8. The zero-order chi connectivity index (χ0) is 17.6. The van der Waals surface area contributed by atoms with Crippen molar-refractivity contribution in [2.45, 2.75) is 19.1 Å². The van der Waals surface area contributed by atoms with E-state index in [2.05, 4.69) is 0 Å². The summed E-state index contributed by atoms with van der Waals surface area (Å²) < 4.78 is 15.4. The smallest absolute Gasteiger partial charge is 0.336 e. The summed E-state index contributed by atoms with van der Waals surface area (Å²) in [4.78, 5) is 11.8. The number of methoxy groups -OCH3 is 1. The first-order valence-electron chi connectivity index (χ1n) is 7.48. The molecule has 0 saturated heterocycles. The van der Waals surface area contributed by atoms with Gasteiger partial charge in [-0.15, -0.1) is 0 Å². The molecule has 1 atom stereocenters. The van der Waals surface area contributed by atoms with Gasteiger partial charge < -0.3 is 24.4 Å². The number of carbonyl (C=O) groups is 1. The molecule has 0 aliphatic heterocycles. The molecule has 1 aliphatic rings. The Morgan fingerprint density at radius 3 is 2.83 bits per heavy atom. The van der Waals surface area contributed by atoms with Crippen LogP contribution in [-0.2, 0) is 14.3 Å². The molecule has 128 valence electrons. The topological polar surface area (TPSA) is 85.2 Å². The zero-order valence-electron chi connectivity index (χ0n) is 13.6. The van der Waals surface area contributed by atoms with Crippen molar-refractivity contribution in [3.8, 4) is 11.5 Å². The highest BCUT2D eigenvalue weighted by Crippen LogP contribution is 2.27. The number of ether oxygens (including phenoxy) is 3. The molecule has 1 unspecified atom stereocenters. The highest BCUT2D eigenvalue weighted by atomic mass is 16.6. The van der Waals surface area contributed by atoms with Crippen molar-refractivity contribution in [1.82, 2.24) is 0 Å². The van der Waals surface area contributed by atoms with Crippen LogP contribution in [0.25, 0.3) is 6.08 Å². The Kier molecular flexibility index (Phi) is 5.78. The van der Waals surface area contributed by atoms with Crippen LogP contribution in [0.3, 0.4) is 0 Å². The lowest BCUT2D eigenvalue weighted by atomic mass is 10.1. The molecule has 0 fully saturated rings. The normalized spacial score (nSPS) is 20.0. The first-order valence-corrected chi connectivity index (χ1v) is 7.48. The summed E-state index contributed by atoms with van der Waals surface area (Å²) in [6.07, 6.45) is 7.56. The van der Waals surface area contributed by atoms with Gasteiger partial charge in [0.25, 0.3) is 0 Å². The van der Waals surface area contributed by atoms with Crippen LogP contribution in [0.15, 0.2) is 48.3 Å². The molecule has 1 aromatic rings. The number of hydrogen-bond donors (Lipinski definition) is 2. The molecule has 0 radical (unpaired) electrons. The summed E-state index contributed by atoms with van der Waals surface area (Å²) in [7, 11) is 1.45. The lowest BCUT2D eigenvalue weighted by Gasteiger charge is -2.25. The second-order valence-corrected chi connectivity index (χ2v) is 5.11. The molecule has 0 spiro atoms. The fraction of sp³-hybridized carbons (Fsp3) is 0.278. The molecule has 6 nitrogen and oxygen atoms in total. The maximum Gasteiger partial charge on any atom is 0.336 e. The third-order valence-corrected chi connectivity index (χ3v) is 3.33. The Morgan fingerprint density at radius 1 is 1.42 bits per heavy atom. The third-order valence-electron chi connectivity index (χ3n) is 3.33. The maximum absolute atomic E-state index is 11.8. The minimum absolute atomic E-state index is 0.0245. The van der Waals surface area contributed by atoms with Crippen molar-refractivity contribution in [1.29, 1.82) is 0 Å². The average Bonchev–Trinajstić information content (AvgIpc) is 2.56. The van der Waals surface area contributed by atoms with Gasteiger partial charge in [-0.3, -0.25) is 0 Å². The minimum atomic E-state index is -1.34. The summed E-state index contributed by atoms with van der Waals surface area (Å²) in [6.45, 7) is 2.16. The van der Waals surface area contributed by atoms with E-state index >= 15 is 0 Å². The number of hydrogen-bond acceptors (Lipinski definition) is 6. The molecule has 6 heteroatoms. The maximum atomic E-state index is 11.8. The fourth-order valence-corrected chi connectivity index (χ4v) is 2.14. The highest BCUT2D eigenvalue weighted by molar-refractivity contribution is 5.88. The molecule has 0 amide bonds. The summed E-state index contributed by atoms with van der Waals surface area (Å²) in [5, 5.41) is 19.5. The van der Waals surface area contributed by atoms with Crippen LogP contribution in [-0.4, -0.2) is 35.7 Å². The van der Waals surface area contributed by atoms with Gasteiger partial charge in [-0.25, -0.2) is 4.79 Å². The Morgan fingerprint density at radius 2 is 2.21 bits per heavy atom. The molecular formula is C18H20O6. The Balaban J connectivity index is 1.94. The van der Waals surface area contributed by atoms with Gasteiger partial charge in [0.1, 0.15) is 5.76 Å². The summed E-state index contributed by atoms with van der Waals surface area (Å²) >= 11 is 0. The summed E-state index contributed by atoms with van der Waals surface area (Å²) in [6, 6.07) is 4.72. The standard InChI is InChI=1S/C18H20O6/c1-3-23-18(21)10-8-14(9-11-18)24-17(20)7-5-13-4-6-15(19)16(12-13)22-2/h4-10,12,19,21H,3,11H2,1-2H3/b7-5+. The SMILES string of the molecule is CCOC1(O)C=CC(OC(=O)/C=C/c2ccc(O)c(OC)c2)=CC1. The van der Waals surface area contributed by atoms with Crippen molar-refractivity contribution in [3.05, 3.63) is 53.8 Å². The number of rotatable bonds is 6. The van der Waals surface area contributed by atoms with Gasteiger partial charge in [0.2, 0.25) is 0 Å². The second-order valence-electron chi connectivity index (χ2n) is 5.11. The van der Waals surface area contributed by atoms with Crippen molar-refractivity contribution >= 4 is 12.0 Å². The lowest BCUT2D eigenvalue weighted by molar-refractivity contribution is -0.162. The third kappa shape index (κ3) is 4.71. The minimum Gasteiger partial charge on any atom is -0.504 e. The van der Waals surface area contributed by atoms with Gasteiger partial charge in [0.15, 0.2) is 17.3 Å². The van der Waals surface area contributed by atoms with Gasteiger partial charge in [-0.1, -0.05) is 6.07 Å². The molecule has 2 rings (SSSR count). The number of esters is 1. The fourth-order valence-electron chi connectivity index (χ4n) is 2.14. The molecule has 2 N–H and O–H groups in total. The van der Waals surface area contributed by atoms with Gasteiger partial charge in [0.05, 0.1) is 7.11 Å². The predicted molar refractivity (Wildman–Crippen MR) is 88.2 cm³/mol. The number of phenolic OH excluding ortho intramolecular Hbond substituents is 1. The molecule has 24 heavy (non-hydrogen) atoms. The van der Waals surface area contributed by atoms with Crippen LogP contribution in [0, 0.1) is 0 Å². The van der Waals surface area contributed by atoms with Gasteiger partial charge in [0, 0.05) is 19.1 Å². The van der Waals surface area contributed by atoms with Gasteiger partial charge in [-0.05, 0) is 48.9 Å². The number of benzene rings is 1. The van der Waals surface area contributed by atoms with E-state index in [1.165, 1.54) is 31.4 Å². The molecule has 0 aromatic heterocycles. The molecule has 0 heterocycles. The van der Waals surface area contributed by atoms with Crippen molar-refractivity contribution in [3.63, 3.8) is 0 Å². The Hall–Kier alpha value is -2.57. The van der Waals surface area contributed by atoms with E-state index < -0.39 is 11.8 Å². The van der Waals surface area contributed by atoms with Gasteiger partial charge >= 0.3 is 5.97 Å². The van der Waals surface area contributed by atoms with E-state index in [1.54, 1.807) is 31.2 Å². The van der Waals surface area contributed by atoms with Crippen LogP contribution in [0.4, 0.5) is 0 Å². The largest absolute Gasteiger partial charge is 0.504 e. The van der Waals surface area contributed by atoms with Crippen LogP contribution in [0.5, 0.6) is 11.5 Å². The van der Waals surface area contributed by atoms with Gasteiger partial charge in [-0.2, -0.15) is 0 Å². The van der Waals surface area contributed by atoms with Crippen molar-refractivity contribution < 1.29 is 29.2 Å². The number of aromatic hydroxyl groups is 1. The number of allylic oxidation sites excluding steroid dienone is 1. The highest BCUT2D eigenvalue weighted by Gasteiger charge is 2.25. The van der Waals surface area contributed by atoms with E-state index in [1.807, 2.05) is 0 Å². The Labute approximate surface area is 140 Å². The van der Waals surface area contributed by atoms with E-state index in [9.17, 15) is 15.0 Å². The lowest BCUT2D eigenvalue weighted by Crippen LogP contribution is -2.30. The Bertz CT molecular complexity index is 689. The molecular weight excluding hydrogens is 312 g/mol. The molecule has 1 aromatic carbocycles. The molecule has 0 saturated carbocycles. The number of carbonyl (C=O) groups excluding carboxylic acids is 1. The van der Waals surface area contributed by atoms with Crippen molar-refractivity contribution in [2.75, 3.05) is 13.7 Å². The van der Waals surface area contributed by atoms with Crippen LogP contribution >= 0.6 is 0 Å².